The maximum atomic E-state index is 13.0. The van der Waals surface area contributed by atoms with Crippen LogP contribution in [0.5, 0.6) is 11.5 Å². The van der Waals surface area contributed by atoms with Gasteiger partial charge in [0, 0.05) is 5.56 Å². The summed E-state index contributed by atoms with van der Waals surface area (Å²) in [5.74, 6) is 0.767. The van der Waals surface area contributed by atoms with E-state index >= 15 is 0 Å². The Morgan fingerprint density at radius 1 is 1.13 bits per heavy atom. The highest BCUT2D eigenvalue weighted by molar-refractivity contribution is 5.83. The molecule has 1 heterocycles. The number of nitrogens with zero attached hydrogens (tertiary/aromatic N) is 5. The number of ether oxygens (including phenoxy) is 2. The lowest BCUT2D eigenvalue weighted by Crippen LogP contribution is -2.24. The lowest BCUT2D eigenvalue weighted by molar-refractivity contribution is -0.122. The fourth-order valence-corrected chi connectivity index (χ4v) is 2.52. The maximum Gasteiger partial charge on any atom is 0.263 e. The smallest absolute Gasteiger partial charge is 0.263 e. The first-order valence-corrected chi connectivity index (χ1v) is 9.34. The molecule has 0 bridgehead atoms. The Balaban J connectivity index is 1.57. The molecule has 0 aliphatic rings. The maximum absolute atomic E-state index is 13.0. The summed E-state index contributed by atoms with van der Waals surface area (Å²) in [5, 5.41) is 15.7. The third kappa shape index (κ3) is 5.60. The van der Waals surface area contributed by atoms with Crippen molar-refractivity contribution in [1.82, 2.24) is 25.6 Å². The highest BCUT2D eigenvalue weighted by Crippen LogP contribution is 2.27. The van der Waals surface area contributed by atoms with Gasteiger partial charge in [-0.2, -0.15) is 9.90 Å². The molecule has 0 saturated heterocycles. The molecule has 0 aliphatic carbocycles. The molecular weight excluding hydrogens is 391 g/mol. The molecule has 3 rings (SSSR count). The van der Waals surface area contributed by atoms with Crippen LogP contribution in [0.3, 0.4) is 0 Å². The Kier molecular flexibility index (Phi) is 7.04. The number of carbonyl (C=O) groups is 1. The van der Waals surface area contributed by atoms with Gasteiger partial charge in [-0.05, 0) is 67.1 Å². The number of hydrogen-bond donors (Lipinski definition) is 1. The molecule has 10 heteroatoms. The SMILES string of the molecule is CCOc1ccc(/C=N\NC(=O)Cn2nnc(-c3ccc(F)cc3)n2)cc1OCC. The predicted molar refractivity (Wildman–Crippen MR) is 108 cm³/mol. The second-order valence-electron chi connectivity index (χ2n) is 6.02. The van der Waals surface area contributed by atoms with E-state index in [9.17, 15) is 9.18 Å². The standard InChI is InChI=1S/C20H21FN6O3/c1-3-29-17-10-5-14(11-18(17)30-4-2)12-22-23-19(28)13-27-25-20(24-26-27)15-6-8-16(21)9-7-15/h5-12H,3-4,13H2,1-2H3,(H,23,28)/b22-12-. The molecule has 9 nitrogen and oxygen atoms in total. The summed E-state index contributed by atoms with van der Waals surface area (Å²) < 4.78 is 24.1. The molecule has 3 aromatic rings. The molecule has 0 radical (unpaired) electrons. The van der Waals surface area contributed by atoms with Gasteiger partial charge in [-0.3, -0.25) is 4.79 Å². The molecule has 156 valence electrons. The zero-order valence-electron chi connectivity index (χ0n) is 16.6. The summed E-state index contributed by atoms with van der Waals surface area (Å²) in [6, 6.07) is 11.0. The zero-order valence-corrected chi connectivity index (χ0v) is 16.6. The van der Waals surface area contributed by atoms with E-state index in [1.165, 1.54) is 30.5 Å². The van der Waals surface area contributed by atoms with Crippen LogP contribution in [-0.4, -0.2) is 45.5 Å². The van der Waals surface area contributed by atoms with Gasteiger partial charge in [-0.25, -0.2) is 9.82 Å². The van der Waals surface area contributed by atoms with Gasteiger partial charge in [0.25, 0.3) is 5.91 Å². The van der Waals surface area contributed by atoms with E-state index in [0.29, 0.717) is 36.1 Å². The lowest BCUT2D eigenvalue weighted by atomic mass is 10.2. The van der Waals surface area contributed by atoms with Crippen LogP contribution < -0.4 is 14.9 Å². The minimum atomic E-state index is -0.426. The first kappa shape index (κ1) is 20.9. The van der Waals surface area contributed by atoms with Gasteiger partial charge in [0.05, 0.1) is 19.4 Å². The van der Waals surface area contributed by atoms with Gasteiger partial charge in [-0.15, -0.1) is 10.2 Å². The normalized spacial score (nSPS) is 10.9. The second kappa shape index (κ2) is 10.1. The number of hydrogen-bond acceptors (Lipinski definition) is 7. The van der Waals surface area contributed by atoms with Gasteiger partial charge >= 0.3 is 0 Å². The fraction of sp³-hybridized carbons (Fsp3) is 0.250. The third-order valence-electron chi connectivity index (χ3n) is 3.81. The van der Waals surface area contributed by atoms with E-state index in [1.54, 1.807) is 18.2 Å². The van der Waals surface area contributed by atoms with E-state index < -0.39 is 5.91 Å². The van der Waals surface area contributed by atoms with Gasteiger partial charge < -0.3 is 9.47 Å². The van der Waals surface area contributed by atoms with Crippen LogP contribution in [0.25, 0.3) is 11.4 Å². The van der Waals surface area contributed by atoms with E-state index in [2.05, 4.69) is 25.9 Å². The minimum Gasteiger partial charge on any atom is -0.490 e. The van der Waals surface area contributed by atoms with Crippen molar-refractivity contribution in [2.75, 3.05) is 13.2 Å². The first-order chi connectivity index (χ1) is 14.6. The van der Waals surface area contributed by atoms with Gasteiger partial charge in [-0.1, -0.05) is 0 Å². The Bertz CT molecular complexity index is 1020. The van der Waals surface area contributed by atoms with Gasteiger partial charge in [0.2, 0.25) is 5.82 Å². The zero-order chi connectivity index (χ0) is 21.3. The summed E-state index contributed by atoms with van der Waals surface area (Å²) in [4.78, 5) is 13.2. The second-order valence-corrected chi connectivity index (χ2v) is 6.02. The number of benzene rings is 2. The molecule has 30 heavy (non-hydrogen) atoms. The molecule has 0 unspecified atom stereocenters. The Morgan fingerprint density at radius 2 is 1.87 bits per heavy atom. The number of aromatic nitrogens is 4. The summed E-state index contributed by atoms with van der Waals surface area (Å²) in [5.41, 5.74) is 3.74. The first-order valence-electron chi connectivity index (χ1n) is 9.34. The van der Waals surface area contributed by atoms with Gasteiger partial charge in [0.1, 0.15) is 12.4 Å². The lowest BCUT2D eigenvalue weighted by Gasteiger charge is -2.11. The van der Waals surface area contributed by atoms with E-state index in [0.717, 1.165) is 10.4 Å². The molecule has 1 amide bonds. The summed E-state index contributed by atoms with van der Waals surface area (Å²) in [6.45, 7) is 4.65. The average Bonchev–Trinajstić information content (AvgIpc) is 3.19. The minimum absolute atomic E-state index is 0.168. The van der Waals surface area contributed by atoms with E-state index in [1.807, 2.05) is 13.8 Å². The van der Waals surface area contributed by atoms with Crippen LogP contribution in [-0.2, 0) is 11.3 Å². The van der Waals surface area contributed by atoms with Crippen LogP contribution in [0.1, 0.15) is 19.4 Å². The summed E-state index contributed by atoms with van der Waals surface area (Å²) >= 11 is 0. The number of nitrogens with one attached hydrogen (secondary N) is 1. The topological polar surface area (TPSA) is 104 Å². The van der Waals surface area contributed by atoms with Crippen molar-refractivity contribution in [2.24, 2.45) is 5.10 Å². The molecule has 0 saturated carbocycles. The van der Waals surface area contributed by atoms with E-state index in [-0.39, 0.29) is 12.4 Å². The Morgan fingerprint density at radius 3 is 2.60 bits per heavy atom. The molecule has 1 N–H and O–H groups in total. The molecule has 1 aromatic heterocycles. The highest BCUT2D eigenvalue weighted by atomic mass is 19.1. The third-order valence-corrected chi connectivity index (χ3v) is 3.81. The Labute approximate surface area is 172 Å². The molecule has 2 aromatic carbocycles. The van der Waals surface area contributed by atoms with E-state index in [4.69, 9.17) is 9.47 Å². The van der Waals surface area contributed by atoms with Crippen molar-refractivity contribution in [2.45, 2.75) is 20.4 Å². The van der Waals surface area contributed by atoms with Crippen molar-refractivity contribution in [3.63, 3.8) is 0 Å². The van der Waals surface area contributed by atoms with Crippen molar-refractivity contribution < 1.29 is 18.7 Å². The summed E-state index contributed by atoms with van der Waals surface area (Å²) in [7, 11) is 0. The number of amides is 1. The molecule has 0 fully saturated rings. The molecular formula is C20H21FN6O3. The summed E-state index contributed by atoms with van der Waals surface area (Å²) in [6.07, 6.45) is 1.49. The van der Waals surface area contributed by atoms with Crippen molar-refractivity contribution in [1.29, 1.82) is 0 Å². The molecule has 0 spiro atoms. The number of rotatable bonds is 9. The van der Waals surface area contributed by atoms with Gasteiger partial charge in [0.15, 0.2) is 11.5 Å². The average molecular weight is 412 g/mol. The number of hydrazone groups is 1. The molecule has 0 atom stereocenters. The highest BCUT2D eigenvalue weighted by Gasteiger charge is 2.09. The van der Waals surface area contributed by atoms with Crippen LogP contribution >= 0.6 is 0 Å². The van der Waals surface area contributed by atoms with Crippen molar-refractivity contribution in [3.05, 3.63) is 53.8 Å². The number of carbonyl (C=O) groups excluding carboxylic acids is 1. The monoisotopic (exact) mass is 412 g/mol. The van der Waals surface area contributed by atoms with Crippen molar-refractivity contribution >= 4 is 12.1 Å². The van der Waals surface area contributed by atoms with Crippen LogP contribution in [0.4, 0.5) is 4.39 Å². The quantitative estimate of drug-likeness (QED) is 0.428. The Hall–Kier alpha value is -3.82. The number of halogens is 1. The fourth-order valence-electron chi connectivity index (χ4n) is 2.52. The van der Waals surface area contributed by atoms with Crippen LogP contribution in [0, 0.1) is 5.82 Å². The molecule has 0 aliphatic heterocycles. The van der Waals surface area contributed by atoms with Crippen LogP contribution in [0.2, 0.25) is 0 Å². The van der Waals surface area contributed by atoms with Crippen LogP contribution in [0.15, 0.2) is 47.6 Å². The largest absolute Gasteiger partial charge is 0.490 e. The number of tetrazole rings is 1. The predicted octanol–water partition coefficient (Wildman–Crippen LogP) is 2.43. The van der Waals surface area contributed by atoms with Crippen molar-refractivity contribution in [3.8, 4) is 22.9 Å².